The van der Waals surface area contributed by atoms with Gasteiger partial charge in [-0.3, -0.25) is 4.79 Å². The molecule has 0 saturated heterocycles. The highest BCUT2D eigenvalue weighted by atomic mass is 16.5. The van der Waals surface area contributed by atoms with E-state index in [9.17, 15) is 0 Å². The molecule has 2 aliphatic rings. The number of hydrogen-bond donors (Lipinski definition) is 2. The second-order valence-corrected chi connectivity index (χ2v) is 6.56. The molecule has 2 atom stereocenters. The van der Waals surface area contributed by atoms with Gasteiger partial charge in [0, 0.05) is 30.1 Å². The molecule has 5 nitrogen and oxygen atoms in total. The van der Waals surface area contributed by atoms with Crippen molar-refractivity contribution in [2.24, 2.45) is 0 Å². The first-order valence-electron chi connectivity index (χ1n) is 8.28. The molecule has 0 aromatic heterocycles. The minimum absolute atomic E-state index is 0.0816. The number of nitrogens with one attached hydrogen (secondary N) is 1. The van der Waals surface area contributed by atoms with Gasteiger partial charge in [-0.25, -0.2) is 0 Å². The highest BCUT2D eigenvalue weighted by molar-refractivity contribution is 5.73. The molecule has 0 aliphatic carbocycles. The molecule has 0 spiro atoms. The van der Waals surface area contributed by atoms with Crippen molar-refractivity contribution >= 4 is 11.7 Å². The van der Waals surface area contributed by atoms with Crippen molar-refractivity contribution < 1.29 is 19.4 Å². The highest BCUT2D eigenvalue weighted by Crippen LogP contribution is 2.56. The summed E-state index contributed by atoms with van der Waals surface area (Å²) in [5, 5.41) is 11.0. The van der Waals surface area contributed by atoms with Crippen molar-refractivity contribution in [2.75, 3.05) is 19.0 Å². The van der Waals surface area contributed by atoms with Crippen LogP contribution >= 0.6 is 0 Å². The minimum Gasteiger partial charge on any atom is -0.493 e. The standard InChI is InChI=1S/C17H23NO2.C2H4O2/c1-5-6-7-13-17(3)8-9-18-15-11(2)10-12(19-4)16(20-13)14(15)17;1-2(3)4/h5,10,13,18H,1,6-9H2,2-4H3;1H3,(H,3,4). The van der Waals surface area contributed by atoms with E-state index in [-0.39, 0.29) is 11.5 Å². The Kier molecular flexibility index (Phi) is 5.42. The monoisotopic (exact) mass is 333 g/mol. The summed E-state index contributed by atoms with van der Waals surface area (Å²) in [4.78, 5) is 9.00. The van der Waals surface area contributed by atoms with Crippen LogP contribution < -0.4 is 14.8 Å². The van der Waals surface area contributed by atoms with Crippen LogP contribution in [0, 0.1) is 6.92 Å². The van der Waals surface area contributed by atoms with E-state index in [1.807, 2.05) is 6.08 Å². The minimum atomic E-state index is -0.833. The Morgan fingerprint density at radius 3 is 2.88 bits per heavy atom. The lowest BCUT2D eigenvalue weighted by molar-refractivity contribution is -0.134. The highest BCUT2D eigenvalue weighted by Gasteiger charge is 2.49. The third-order valence-corrected chi connectivity index (χ3v) is 4.78. The van der Waals surface area contributed by atoms with Gasteiger partial charge in [0.15, 0.2) is 11.5 Å². The molecule has 1 aromatic carbocycles. The van der Waals surface area contributed by atoms with E-state index in [0.717, 1.165) is 44.2 Å². The summed E-state index contributed by atoms with van der Waals surface area (Å²) in [5.41, 5.74) is 3.88. The number of carboxylic acid groups (broad SMARTS) is 1. The third kappa shape index (κ3) is 3.21. The molecule has 0 fully saturated rings. The van der Waals surface area contributed by atoms with Crippen LogP contribution in [-0.2, 0) is 10.2 Å². The molecular weight excluding hydrogens is 306 g/mol. The summed E-state index contributed by atoms with van der Waals surface area (Å²) in [5.74, 6) is 0.967. The molecule has 0 bridgehead atoms. The number of aliphatic carboxylic acids is 1. The Morgan fingerprint density at radius 1 is 1.62 bits per heavy atom. The number of benzene rings is 1. The number of anilines is 1. The van der Waals surface area contributed by atoms with Crippen LogP contribution in [0.1, 0.15) is 44.2 Å². The van der Waals surface area contributed by atoms with Crippen molar-refractivity contribution in [1.82, 2.24) is 0 Å². The summed E-state index contributed by atoms with van der Waals surface area (Å²) >= 11 is 0. The summed E-state index contributed by atoms with van der Waals surface area (Å²) in [7, 11) is 1.71. The first kappa shape index (κ1) is 18.2. The van der Waals surface area contributed by atoms with Gasteiger partial charge < -0.3 is 19.9 Å². The second-order valence-electron chi connectivity index (χ2n) is 6.56. The van der Waals surface area contributed by atoms with Gasteiger partial charge in [0.05, 0.1) is 7.11 Å². The van der Waals surface area contributed by atoms with Gasteiger partial charge in [-0.15, -0.1) is 6.58 Å². The number of ether oxygens (including phenoxy) is 2. The van der Waals surface area contributed by atoms with Crippen LogP contribution in [0.5, 0.6) is 11.5 Å². The normalized spacial score (nSPS) is 23.1. The van der Waals surface area contributed by atoms with Crippen molar-refractivity contribution in [3.05, 3.63) is 29.8 Å². The summed E-state index contributed by atoms with van der Waals surface area (Å²) < 4.78 is 11.8. The Labute approximate surface area is 143 Å². The lowest BCUT2D eigenvalue weighted by Crippen LogP contribution is -2.39. The fourth-order valence-electron chi connectivity index (χ4n) is 3.62. The van der Waals surface area contributed by atoms with Crippen molar-refractivity contribution in [3.8, 4) is 11.5 Å². The maximum Gasteiger partial charge on any atom is 0.300 e. The Morgan fingerprint density at radius 2 is 2.29 bits per heavy atom. The summed E-state index contributed by atoms with van der Waals surface area (Å²) in [6, 6.07) is 2.07. The van der Waals surface area contributed by atoms with Crippen LogP contribution in [-0.4, -0.2) is 30.8 Å². The van der Waals surface area contributed by atoms with Gasteiger partial charge in [-0.2, -0.15) is 0 Å². The second kappa shape index (κ2) is 7.16. The van der Waals surface area contributed by atoms with Crippen LogP contribution in [0.3, 0.4) is 0 Å². The number of hydrogen-bond acceptors (Lipinski definition) is 4. The van der Waals surface area contributed by atoms with Crippen LogP contribution in [0.25, 0.3) is 0 Å². The van der Waals surface area contributed by atoms with Gasteiger partial charge in [-0.1, -0.05) is 13.0 Å². The fourth-order valence-corrected chi connectivity index (χ4v) is 3.62. The molecule has 3 rings (SSSR count). The first-order chi connectivity index (χ1) is 11.3. The zero-order chi connectivity index (χ0) is 17.9. The van der Waals surface area contributed by atoms with Gasteiger partial charge >= 0.3 is 0 Å². The molecule has 2 N–H and O–H groups in total. The van der Waals surface area contributed by atoms with Gasteiger partial charge in [0.2, 0.25) is 0 Å². The van der Waals surface area contributed by atoms with E-state index >= 15 is 0 Å². The van der Waals surface area contributed by atoms with E-state index in [2.05, 4.69) is 31.8 Å². The Bertz CT molecular complexity index is 637. The zero-order valence-corrected chi connectivity index (χ0v) is 14.9. The maximum absolute atomic E-state index is 9.00. The largest absolute Gasteiger partial charge is 0.493 e. The number of methoxy groups -OCH3 is 1. The molecule has 24 heavy (non-hydrogen) atoms. The SMILES string of the molecule is C=CCCC1Oc2c(OC)cc(C)c3c2C1(C)CCN3.CC(=O)O. The van der Waals surface area contributed by atoms with E-state index in [0.29, 0.717) is 0 Å². The summed E-state index contributed by atoms with van der Waals surface area (Å²) in [6.07, 6.45) is 5.28. The molecule has 132 valence electrons. The van der Waals surface area contributed by atoms with Gasteiger partial charge in [0.25, 0.3) is 5.97 Å². The average molecular weight is 333 g/mol. The molecule has 0 saturated carbocycles. The smallest absolute Gasteiger partial charge is 0.300 e. The van der Waals surface area contributed by atoms with Gasteiger partial charge in [-0.05, 0) is 37.8 Å². The van der Waals surface area contributed by atoms with E-state index < -0.39 is 5.97 Å². The molecular formula is C19H27NO4. The first-order valence-corrected chi connectivity index (χ1v) is 8.28. The molecule has 0 amide bonds. The Balaban J connectivity index is 0.000000471. The van der Waals surface area contributed by atoms with Crippen molar-refractivity contribution in [3.63, 3.8) is 0 Å². The topological polar surface area (TPSA) is 67.8 Å². The fraction of sp³-hybridized carbons (Fsp3) is 0.526. The number of rotatable bonds is 4. The van der Waals surface area contributed by atoms with E-state index in [1.54, 1.807) is 7.11 Å². The van der Waals surface area contributed by atoms with Crippen molar-refractivity contribution in [2.45, 2.75) is 51.6 Å². The zero-order valence-electron chi connectivity index (χ0n) is 14.9. The third-order valence-electron chi connectivity index (χ3n) is 4.78. The van der Waals surface area contributed by atoms with Crippen molar-refractivity contribution in [1.29, 1.82) is 0 Å². The average Bonchev–Trinajstić information content (AvgIpc) is 2.82. The number of carboxylic acids is 1. The molecule has 2 unspecified atom stereocenters. The van der Waals surface area contributed by atoms with Crippen LogP contribution in [0.15, 0.2) is 18.7 Å². The van der Waals surface area contributed by atoms with E-state index in [1.165, 1.54) is 16.8 Å². The molecule has 2 heterocycles. The van der Waals surface area contributed by atoms with Crippen LogP contribution in [0.2, 0.25) is 0 Å². The Hall–Kier alpha value is -2.17. The predicted octanol–water partition coefficient (Wildman–Crippen LogP) is 3.90. The molecule has 5 heteroatoms. The maximum atomic E-state index is 9.00. The lowest BCUT2D eigenvalue weighted by Gasteiger charge is -2.36. The van der Waals surface area contributed by atoms with Crippen LogP contribution in [0.4, 0.5) is 5.69 Å². The molecule has 0 radical (unpaired) electrons. The lowest BCUT2D eigenvalue weighted by atomic mass is 9.72. The van der Waals surface area contributed by atoms with Gasteiger partial charge in [0.1, 0.15) is 6.10 Å². The molecule has 2 aliphatic heterocycles. The number of aryl methyl sites for hydroxylation is 1. The van der Waals surface area contributed by atoms with E-state index in [4.69, 9.17) is 19.4 Å². The molecule has 1 aromatic rings. The number of carbonyl (C=O) groups is 1. The summed E-state index contributed by atoms with van der Waals surface area (Å²) in [6.45, 7) is 10.4. The predicted molar refractivity (Wildman–Crippen MR) is 95.3 cm³/mol. The quantitative estimate of drug-likeness (QED) is 0.818. The number of allylic oxidation sites excluding steroid dienone is 1.